The molecule has 82 valence electrons. The van der Waals surface area contributed by atoms with Crippen molar-refractivity contribution in [1.29, 1.82) is 0 Å². The molecule has 0 unspecified atom stereocenters. The van der Waals surface area contributed by atoms with Crippen LogP contribution in [-0.2, 0) is 0 Å². The number of nitrogens with zero attached hydrogens (tertiary/aromatic N) is 1. The molecule has 0 N–H and O–H groups in total. The molecular weight excluding hydrogens is 206 g/mol. The summed E-state index contributed by atoms with van der Waals surface area (Å²) in [6, 6.07) is 11.2. The van der Waals surface area contributed by atoms with E-state index in [2.05, 4.69) is 42.2 Å². The van der Waals surface area contributed by atoms with E-state index in [9.17, 15) is 0 Å². The molecule has 1 fully saturated rings. The molecule has 1 saturated heterocycles. The fourth-order valence-corrected chi connectivity index (χ4v) is 2.53. The second-order valence-corrected chi connectivity index (χ2v) is 4.70. The lowest BCUT2D eigenvalue weighted by atomic mass is 10.1. The lowest BCUT2D eigenvalue weighted by molar-refractivity contribution is 0.255. The Hall–Kier alpha value is -0.530. The van der Waals surface area contributed by atoms with Gasteiger partial charge < -0.3 is 0 Å². The molecule has 0 aliphatic carbocycles. The van der Waals surface area contributed by atoms with Crippen LogP contribution < -0.4 is 0 Å². The summed E-state index contributed by atoms with van der Waals surface area (Å²) in [4.78, 5) is 2.53. The zero-order valence-corrected chi connectivity index (χ0v) is 9.95. The molecule has 1 aliphatic heterocycles. The highest BCUT2D eigenvalue weighted by molar-refractivity contribution is 6.18. The molecule has 1 aromatic rings. The van der Waals surface area contributed by atoms with E-state index in [0.29, 0.717) is 12.0 Å². The van der Waals surface area contributed by atoms with Gasteiger partial charge in [-0.25, -0.2) is 0 Å². The third kappa shape index (κ3) is 2.53. The van der Waals surface area contributed by atoms with Gasteiger partial charge in [0.05, 0.1) is 0 Å². The van der Waals surface area contributed by atoms with Crippen LogP contribution in [0.15, 0.2) is 30.3 Å². The van der Waals surface area contributed by atoms with Crippen LogP contribution in [0.3, 0.4) is 0 Å². The molecule has 0 radical (unpaired) electrons. The number of alkyl halides is 1. The van der Waals surface area contributed by atoms with E-state index in [-0.39, 0.29) is 0 Å². The van der Waals surface area contributed by atoms with Gasteiger partial charge in [0, 0.05) is 18.5 Å². The molecule has 0 amide bonds. The number of benzene rings is 1. The molecule has 15 heavy (non-hydrogen) atoms. The monoisotopic (exact) mass is 223 g/mol. The minimum atomic E-state index is 0.527. The van der Waals surface area contributed by atoms with Crippen molar-refractivity contribution >= 4 is 11.6 Å². The van der Waals surface area contributed by atoms with Crippen LogP contribution in [0.5, 0.6) is 0 Å². The zero-order valence-electron chi connectivity index (χ0n) is 9.20. The van der Waals surface area contributed by atoms with Gasteiger partial charge in [-0.1, -0.05) is 30.3 Å². The predicted molar refractivity (Wildman–Crippen MR) is 65.3 cm³/mol. The lowest BCUT2D eigenvalue weighted by Gasteiger charge is -2.24. The summed E-state index contributed by atoms with van der Waals surface area (Å²) in [7, 11) is 0. The molecule has 2 rings (SSSR count). The van der Waals surface area contributed by atoms with Crippen molar-refractivity contribution in [3.8, 4) is 0 Å². The summed E-state index contributed by atoms with van der Waals surface area (Å²) in [5, 5.41) is 0. The van der Waals surface area contributed by atoms with Crippen molar-refractivity contribution in [2.45, 2.75) is 19.4 Å². The van der Waals surface area contributed by atoms with E-state index < -0.39 is 0 Å². The van der Waals surface area contributed by atoms with Crippen molar-refractivity contribution < 1.29 is 0 Å². The summed E-state index contributed by atoms with van der Waals surface area (Å²) in [6.45, 7) is 4.62. The van der Waals surface area contributed by atoms with E-state index in [1.54, 1.807) is 0 Å². The Labute approximate surface area is 97.0 Å². The van der Waals surface area contributed by atoms with Gasteiger partial charge in [-0.3, -0.25) is 4.90 Å². The van der Waals surface area contributed by atoms with Gasteiger partial charge >= 0.3 is 0 Å². The zero-order chi connectivity index (χ0) is 10.7. The SMILES string of the molecule is C[C@H](c1ccccc1)N1CC[C@H](CCl)C1. The van der Waals surface area contributed by atoms with Crippen molar-refractivity contribution in [3.63, 3.8) is 0 Å². The van der Waals surface area contributed by atoms with Gasteiger partial charge in [-0.2, -0.15) is 0 Å². The fourth-order valence-electron chi connectivity index (χ4n) is 2.28. The average molecular weight is 224 g/mol. The molecule has 0 saturated carbocycles. The van der Waals surface area contributed by atoms with Crippen LogP contribution in [-0.4, -0.2) is 23.9 Å². The van der Waals surface area contributed by atoms with Crippen LogP contribution in [0.25, 0.3) is 0 Å². The Morgan fingerprint density at radius 2 is 2.13 bits per heavy atom. The van der Waals surface area contributed by atoms with Gasteiger partial charge in [0.25, 0.3) is 0 Å². The average Bonchev–Trinajstić information content (AvgIpc) is 2.78. The quantitative estimate of drug-likeness (QED) is 0.711. The van der Waals surface area contributed by atoms with Crippen molar-refractivity contribution in [1.82, 2.24) is 4.90 Å². The largest absolute Gasteiger partial charge is 0.296 e. The maximum atomic E-state index is 5.90. The second-order valence-electron chi connectivity index (χ2n) is 4.39. The van der Waals surface area contributed by atoms with E-state index in [0.717, 1.165) is 12.4 Å². The highest BCUT2D eigenvalue weighted by Gasteiger charge is 2.25. The summed E-state index contributed by atoms with van der Waals surface area (Å²) < 4.78 is 0. The molecule has 1 heterocycles. The van der Waals surface area contributed by atoms with Gasteiger partial charge in [-0.15, -0.1) is 11.6 Å². The Morgan fingerprint density at radius 3 is 2.73 bits per heavy atom. The number of rotatable bonds is 3. The Balaban J connectivity index is 2.00. The van der Waals surface area contributed by atoms with Crippen LogP contribution >= 0.6 is 11.6 Å². The second kappa shape index (κ2) is 5.00. The van der Waals surface area contributed by atoms with Crippen LogP contribution in [0.2, 0.25) is 0 Å². The van der Waals surface area contributed by atoms with Crippen LogP contribution in [0.4, 0.5) is 0 Å². The number of likely N-dealkylation sites (tertiary alicyclic amines) is 1. The highest BCUT2D eigenvalue weighted by Crippen LogP contribution is 2.27. The normalized spacial score (nSPS) is 24.3. The smallest absolute Gasteiger partial charge is 0.0320 e. The Morgan fingerprint density at radius 1 is 1.40 bits per heavy atom. The van der Waals surface area contributed by atoms with E-state index >= 15 is 0 Å². The number of halogens is 1. The summed E-state index contributed by atoms with van der Waals surface area (Å²) in [5.41, 5.74) is 1.41. The Kier molecular flexibility index (Phi) is 3.66. The van der Waals surface area contributed by atoms with Gasteiger partial charge in [-0.05, 0) is 31.4 Å². The first-order chi connectivity index (χ1) is 7.31. The predicted octanol–water partition coefficient (Wildman–Crippen LogP) is 3.31. The molecule has 0 bridgehead atoms. The van der Waals surface area contributed by atoms with Gasteiger partial charge in [0.2, 0.25) is 0 Å². The standard InChI is InChI=1S/C13H18ClN/c1-11(13-5-3-2-4-6-13)15-8-7-12(9-14)10-15/h2-6,11-12H,7-10H2,1H3/t11-,12-/m1/s1. The third-order valence-corrected chi connectivity index (χ3v) is 3.80. The van der Waals surface area contributed by atoms with E-state index in [1.165, 1.54) is 18.5 Å². The minimum absolute atomic E-state index is 0.527. The van der Waals surface area contributed by atoms with Crippen molar-refractivity contribution in [2.24, 2.45) is 5.92 Å². The molecule has 2 heteroatoms. The molecular formula is C13H18ClN. The molecule has 2 atom stereocenters. The summed E-state index contributed by atoms with van der Waals surface area (Å²) in [5.74, 6) is 1.50. The first-order valence-corrected chi connectivity index (χ1v) is 6.19. The maximum absolute atomic E-state index is 5.90. The Bertz CT molecular complexity index is 299. The summed E-state index contributed by atoms with van der Waals surface area (Å²) >= 11 is 5.90. The molecule has 0 spiro atoms. The molecule has 1 aliphatic rings. The van der Waals surface area contributed by atoms with E-state index in [4.69, 9.17) is 11.6 Å². The third-order valence-electron chi connectivity index (χ3n) is 3.37. The van der Waals surface area contributed by atoms with Crippen LogP contribution in [0.1, 0.15) is 24.9 Å². The van der Waals surface area contributed by atoms with Crippen molar-refractivity contribution in [3.05, 3.63) is 35.9 Å². The lowest BCUT2D eigenvalue weighted by Crippen LogP contribution is -2.24. The molecule has 1 nitrogen and oxygen atoms in total. The number of hydrogen-bond acceptors (Lipinski definition) is 1. The van der Waals surface area contributed by atoms with Gasteiger partial charge in [0.1, 0.15) is 0 Å². The maximum Gasteiger partial charge on any atom is 0.0320 e. The summed E-state index contributed by atoms with van der Waals surface area (Å²) in [6.07, 6.45) is 1.25. The first kappa shape index (κ1) is 11.0. The minimum Gasteiger partial charge on any atom is -0.296 e. The van der Waals surface area contributed by atoms with Crippen LogP contribution in [0, 0.1) is 5.92 Å². The molecule has 0 aromatic heterocycles. The number of hydrogen-bond donors (Lipinski definition) is 0. The first-order valence-electron chi connectivity index (χ1n) is 5.66. The topological polar surface area (TPSA) is 3.24 Å². The highest BCUT2D eigenvalue weighted by atomic mass is 35.5. The van der Waals surface area contributed by atoms with Crippen molar-refractivity contribution in [2.75, 3.05) is 19.0 Å². The fraction of sp³-hybridized carbons (Fsp3) is 0.538. The molecule has 1 aromatic carbocycles. The van der Waals surface area contributed by atoms with E-state index in [1.807, 2.05) is 0 Å². The van der Waals surface area contributed by atoms with Gasteiger partial charge in [0.15, 0.2) is 0 Å².